The number of aryl methyl sites for hydroxylation is 4. The minimum absolute atomic E-state index is 0.000697. The highest BCUT2D eigenvalue weighted by Gasteiger charge is 2.20. The minimum Gasteiger partial charge on any atom is -0.465 e. The lowest BCUT2D eigenvalue weighted by Gasteiger charge is -2.09. The molecule has 0 aromatic carbocycles. The summed E-state index contributed by atoms with van der Waals surface area (Å²) in [6.07, 6.45) is 6.30. The zero-order valence-electron chi connectivity index (χ0n) is 46.6. The number of hydrogen-bond donors (Lipinski definition) is 0. The van der Waals surface area contributed by atoms with Crippen molar-refractivity contribution in [1.29, 1.82) is 0 Å². The highest BCUT2D eigenvalue weighted by Crippen LogP contribution is 2.26. The molecule has 12 heterocycles. The Balaban J connectivity index is 0.000000138. The molecule has 0 saturated carbocycles. The van der Waals surface area contributed by atoms with Crippen molar-refractivity contribution in [2.45, 2.75) is 26.4 Å². The van der Waals surface area contributed by atoms with Crippen LogP contribution in [0.4, 0.5) is 4.39 Å². The lowest BCUT2D eigenvalue weighted by atomic mass is 10.2. The number of hydrogen-bond acceptors (Lipinski definition) is 28. The second-order valence-electron chi connectivity index (χ2n) is 15.6. The van der Waals surface area contributed by atoms with Crippen molar-refractivity contribution in [3.63, 3.8) is 0 Å². The third-order valence-electron chi connectivity index (χ3n) is 10.3. The maximum Gasteiger partial charge on any atom is 0.369 e. The number of aromatic nitrogens is 24. The Morgan fingerprint density at radius 2 is 0.831 bits per heavy atom. The van der Waals surface area contributed by atoms with Gasteiger partial charge in [0.25, 0.3) is 20.8 Å². The van der Waals surface area contributed by atoms with Crippen molar-refractivity contribution in [1.82, 2.24) is 119 Å². The van der Waals surface area contributed by atoms with Crippen LogP contribution in [0.5, 0.6) is 20.8 Å². The van der Waals surface area contributed by atoms with Crippen molar-refractivity contribution in [3.8, 4) is 44.0 Å². The summed E-state index contributed by atoms with van der Waals surface area (Å²) in [6.45, 7) is 0.127. The number of nitrogens with zero attached hydrogens (tertiary/aromatic N) is 24. The molecule has 12 aromatic rings. The topological polar surface area (TPSA) is 351 Å². The van der Waals surface area contributed by atoms with Gasteiger partial charge in [-0.25, -0.2) is 63.4 Å². The quantitative estimate of drug-likeness (QED) is 0.134. The lowest BCUT2D eigenvalue weighted by molar-refractivity contribution is 0.296. The number of halogens is 3. The van der Waals surface area contributed by atoms with E-state index < -0.39 is 28.6 Å². The zero-order valence-corrected chi connectivity index (χ0v) is 48.2. The molecule has 0 fully saturated rings. The molecular weight excluding hydrogens is 1260 g/mol. The van der Waals surface area contributed by atoms with Crippen LogP contribution in [-0.4, -0.2) is 119 Å². The minimum atomic E-state index is -0.592. The van der Waals surface area contributed by atoms with Gasteiger partial charge in [0.05, 0.1) is 21.6 Å². The molecule has 0 aliphatic rings. The molecule has 0 atom stereocenters. The van der Waals surface area contributed by atoms with E-state index in [1.807, 2.05) is 0 Å². The van der Waals surface area contributed by atoms with E-state index in [4.69, 9.17) is 36.0 Å². The Hall–Kier alpha value is -9.50. The maximum absolute atomic E-state index is 14.0. The number of pyridine rings is 4. The van der Waals surface area contributed by atoms with Gasteiger partial charge in [-0.3, -0.25) is 0 Å². The van der Waals surface area contributed by atoms with Crippen LogP contribution in [0.15, 0.2) is 125 Å². The second-order valence-corrected chi connectivity index (χ2v) is 20.1. The van der Waals surface area contributed by atoms with Crippen molar-refractivity contribution >= 4 is 72.9 Å². The van der Waals surface area contributed by atoms with Crippen molar-refractivity contribution in [2.75, 3.05) is 0 Å². The normalized spacial score (nSPS) is 11.4. The van der Waals surface area contributed by atoms with Gasteiger partial charge in [0.15, 0.2) is 23.3 Å². The fraction of sp³-hybridized carbons (Fsp3) is 0.182. The SMILES string of the molecule is [3H]c1csc(OCc2c(Br)ccnc2-n2nnn(C)c2=O)n1.[3H]c1csc(OCc2c(Cl)ccnc2-n2nnn(C)c2=O)n1.[3H]c1csc(OCc2c(F)ccnc2-n2nnn(C)c2=O)n1.[3H]c1csc(OCc2cccnc2-n2nnn(C)c2=O)n1. The van der Waals surface area contributed by atoms with Crippen molar-refractivity contribution < 1.29 is 28.8 Å². The van der Waals surface area contributed by atoms with Gasteiger partial charge in [0, 0.05) is 115 Å². The molecule has 0 saturated heterocycles. The number of thiazole rings is 4. The number of ether oxygens (including phenoxy) is 4. The molecule has 0 amide bonds. The predicted octanol–water partition coefficient (Wildman–Crippen LogP) is 3.14. The molecule has 0 radical (unpaired) electrons. The highest BCUT2D eigenvalue weighted by atomic mass is 79.9. The zero-order chi connectivity index (χ0) is 61.9. The number of tetrazole rings is 4. The van der Waals surface area contributed by atoms with Crippen LogP contribution in [0, 0.1) is 5.82 Å². The highest BCUT2D eigenvalue weighted by molar-refractivity contribution is 9.10. The molecule has 0 aliphatic carbocycles. The average Bonchev–Trinajstić information content (AvgIpc) is 2.60. The Kier molecular flexibility index (Phi) is 17.4. The van der Waals surface area contributed by atoms with Gasteiger partial charge in [-0.1, -0.05) is 78.9 Å². The first-order chi connectivity index (χ1) is 41.8. The molecule has 39 heteroatoms. The molecule has 0 N–H and O–H groups in total. The van der Waals surface area contributed by atoms with E-state index in [1.54, 1.807) is 52.8 Å². The summed E-state index contributed by atoms with van der Waals surface area (Å²) in [5.41, 5.74) is 0.0296. The average molecular weight is 1300 g/mol. The predicted molar refractivity (Wildman–Crippen MR) is 296 cm³/mol. The first-order valence-corrected chi connectivity index (χ1v) is 27.5. The van der Waals surface area contributed by atoms with E-state index in [1.165, 1.54) is 80.0 Å². The van der Waals surface area contributed by atoms with Crippen molar-refractivity contribution in [2.24, 2.45) is 28.2 Å². The monoisotopic (exact) mass is 1300 g/mol. The summed E-state index contributed by atoms with van der Waals surface area (Å²) in [7, 11) is 5.92. The molecule has 0 unspecified atom stereocenters. The maximum atomic E-state index is 14.0. The molecule has 0 spiro atoms. The lowest BCUT2D eigenvalue weighted by Crippen LogP contribution is -2.24. The fourth-order valence-electron chi connectivity index (χ4n) is 6.38. The summed E-state index contributed by atoms with van der Waals surface area (Å²) in [5.74, 6) is 0.340. The molecule has 32 nitrogen and oxygen atoms in total. The van der Waals surface area contributed by atoms with Crippen LogP contribution in [0.2, 0.25) is 5.02 Å². The summed E-state index contributed by atoms with van der Waals surface area (Å²) >= 11 is 14.4. The summed E-state index contributed by atoms with van der Waals surface area (Å²) < 4.78 is 74.5. The van der Waals surface area contributed by atoms with E-state index in [0.29, 0.717) is 48.9 Å². The second kappa shape index (κ2) is 27.3. The van der Waals surface area contributed by atoms with Gasteiger partial charge in [-0.05, 0) is 66.0 Å². The van der Waals surface area contributed by atoms with E-state index in [-0.39, 0.29) is 73.5 Å². The van der Waals surface area contributed by atoms with E-state index in [9.17, 15) is 23.6 Å². The van der Waals surface area contributed by atoms with E-state index in [0.717, 1.165) is 59.3 Å². The van der Waals surface area contributed by atoms with E-state index in [2.05, 4.69) is 97.5 Å². The molecule has 0 bridgehead atoms. The van der Waals surface area contributed by atoms with Gasteiger partial charge in [0.1, 0.15) is 32.2 Å². The molecule has 12 rings (SSSR count). The standard InChI is InChI=1S/C11H9BrN6O2S.C11H9ClN6O2S.C11H9FN6O2S.C11H10N6O2S/c3*1-17-11(19)18(16-15-17)9-7(8(12)2-3-13-9)6-20-10-14-4-5-21-10;1-16-11(18)17(15-14-16)9-8(3-2-4-12-9)7-19-10-13-5-6-20-10/h3*2-5H,6H2,1H3;2-6H,7H2,1H3/i3*4T;5T. The van der Waals surface area contributed by atoms with Gasteiger partial charge in [-0.15, -0.1) is 18.7 Å². The third kappa shape index (κ3) is 14.2. The fourth-order valence-corrected chi connectivity index (χ4v) is 8.74. The van der Waals surface area contributed by atoms with Crippen LogP contribution in [-0.2, 0) is 54.6 Å². The first-order valence-electron chi connectivity index (χ1n) is 24.8. The van der Waals surface area contributed by atoms with Crippen LogP contribution in [0.3, 0.4) is 0 Å². The molecule has 426 valence electrons. The van der Waals surface area contributed by atoms with Crippen LogP contribution >= 0.6 is 72.9 Å². The first kappa shape index (κ1) is 52.8. The van der Waals surface area contributed by atoms with Gasteiger partial charge in [0.2, 0.25) is 0 Å². The van der Waals surface area contributed by atoms with Gasteiger partial charge in [-0.2, -0.15) is 18.7 Å². The molecule has 83 heavy (non-hydrogen) atoms. The molecule has 0 aliphatic heterocycles. The largest absolute Gasteiger partial charge is 0.465 e. The Labute approximate surface area is 497 Å². The summed E-state index contributed by atoms with van der Waals surface area (Å²) in [4.78, 5) is 79.6. The molecular formula is C44H37BrClFN24O8S4. The van der Waals surface area contributed by atoms with Crippen LogP contribution < -0.4 is 41.7 Å². The Bertz CT molecular complexity index is 4260. The van der Waals surface area contributed by atoms with Crippen molar-refractivity contribution in [3.05, 3.63) is 181 Å². The van der Waals surface area contributed by atoms with Gasteiger partial charge < -0.3 is 18.9 Å². The summed E-state index contributed by atoms with van der Waals surface area (Å²) in [5, 5.41) is 37.3. The van der Waals surface area contributed by atoms with Gasteiger partial charge >= 0.3 is 22.8 Å². The summed E-state index contributed by atoms with van der Waals surface area (Å²) in [6, 6.07) is 7.99. The Morgan fingerprint density at radius 3 is 1.25 bits per heavy atom. The third-order valence-corrected chi connectivity index (χ3v) is 14.0. The van der Waals surface area contributed by atoms with Crippen LogP contribution in [0.1, 0.15) is 27.7 Å². The Morgan fingerprint density at radius 1 is 0.470 bits per heavy atom. The smallest absolute Gasteiger partial charge is 0.369 e. The van der Waals surface area contributed by atoms with Crippen LogP contribution in [0.25, 0.3) is 23.3 Å². The molecule has 12 aromatic heterocycles. The van der Waals surface area contributed by atoms with E-state index >= 15 is 0 Å². The number of rotatable bonds is 16.